The molecule has 0 radical (unpaired) electrons. The number of aryl methyl sites for hydroxylation is 1. The normalized spacial score (nSPS) is 17.5. The van der Waals surface area contributed by atoms with Crippen LogP contribution in [0, 0.1) is 5.92 Å². The van der Waals surface area contributed by atoms with E-state index in [9.17, 15) is 19.5 Å². The molecule has 1 saturated heterocycles. The van der Waals surface area contributed by atoms with Crippen LogP contribution in [0.15, 0.2) is 54.6 Å². The number of aliphatic hydroxyl groups excluding tert-OH is 1. The van der Waals surface area contributed by atoms with E-state index in [1.807, 2.05) is 54.6 Å². The van der Waals surface area contributed by atoms with E-state index in [1.165, 1.54) is 0 Å². The number of piperidine rings is 1. The quantitative estimate of drug-likeness (QED) is 0.342. The number of carboxylic acid groups (broad SMARTS) is 2. The summed E-state index contributed by atoms with van der Waals surface area (Å²) in [6.45, 7) is 0.838. The molecule has 1 fully saturated rings. The molecule has 0 bridgehead atoms. The van der Waals surface area contributed by atoms with Gasteiger partial charge in [0, 0.05) is 25.9 Å². The van der Waals surface area contributed by atoms with Crippen molar-refractivity contribution >= 4 is 17.8 Å². The van der Waals surface area contributed by atoms with Gasteiger partial charge < -0.3 is 20.2 Å². The van der Waals surface area contributed by atoms with E-state index in [1.54, 1.807) is 4.90 Å². The predicted octanol–water partition coefficient (Wildman–Crippen LogP) is 3.14. The SMILES string of the molecule is O=C(O)CCC(NC(O)CCc1ccc(-c2ccccc2)cc1)C(=O)N1CCCC(CC(=O)O)C1. The molecule has 8 nitrogen and oxygen atoms in total. The van der Waals surface area contributed by atoms with Gasteiger partial charge in [0.25, 0.3) is 0 Å². The molecule has 3 rings (SSSR count). The fourth-order valence-electron chi connectivity index (χ4n) is 4.56. The molecular formula is C27H34N2O6. The molecule has 0 aliphatic carbocycles. The first-order valence-electron chi connectivity index (χ1n) is 12.1. The maximum atomic E-state index is 13.1. The van der Waals surface area contributed by atoms with Crippen molar-refractivity contribution in [3.05, 3.63) is 60.2 Å². The number of aliphatic hydroxyl groups is 1. The monoisotopic (exact) mass is 482 g/mol. The van der Waals surface area contributed by atoms with Crippen molar-refractivity contribution in [2.75, 3.05) is 13.1 Å². The van der Waals surface area contributed by atoms with Crippen molar-refractivity contribution in [3.63, 3.8) is 0 Å². The molecule has 2 aromatic rings. The number of amides is 1. The van der Waals surface area contributed by atoms with Gasteiger partial charge in [-0.05, 0) is 54.7 Å². The summed E-state index contributed by atoms with van der Waals surface area (Å²) in [6, 6.07) is 17.3. The molecule has 0 spiro atoms. The van der Waals surface area contributed by atoms with Crippen LogP contribution in [0.4, 0.5) is 0 Å². The highest BCUT2D eigenvalue weighted by Crippen LogP contribution is 2.22. The van der Waals surface area contributed by atoms with Gasteiger partial charge >= 0.3 is 11.9 Å². The fraction of sp³-hybridized carbons (Fsp3) is 0.444. The number of likely N-dealkylation sites (tertiary alicyclic amines) is 1. The van der Waals surface area contributed by atoms with E-state index in [-0.39, 0.29) is 31.1 Å². The van der Waals surface area contributed by atoms with E-state index < -0.39 is 24.2 Å². The predicted molar refractivity (Wildman–Crippen MR) is 132 cm³/mol. The molecule has 1 aliphatic heterocycles. The lowest BCUT2D eigenvalue weighted by Crippen LogP contribution is -2.52. The summed E-state index contributed by atoms with van der Waals surface area (Å²) < 4.78 is 0. The van der Waals surface area contributed by atoms with Gasteiger partial charge in [0.1, 0.15) is 6.23 Å². The summed E-state index contributed by atoms with van der Waals surface area (Å²) in [6.07, 6.45) is 1.28. The van der Waals surface area contributed by atoms with Gasteiger partial charge in [0.2, 0.25) is 5.91 Å². The minimum atomic E-state index is -1.01. The number of nitrogens with one attached hydrogen (secondary N) is 1. The second-order valence-electron chi connectivity index (χ2n) is 9.16. The van der Waals surface area contributed by atoms with Crippen LogP contribution < -0.4 is 5.32 Å². The largest absolute Gasteiger partial charge is 0.481 e. The molecule has 188 valence electrons. The summed E-state index contributed by atoms with van der Waals surface area (Å²) in [5.74, 6) is -2.31. The Bertz CT molecular complexity index is 979. The third kappa shape index (κ3) is 8.49. The van der Waals surface area contributed by atoms with Crippen LogP contribution in [0.25, 0.3) is 11.1 Å². The van der Waals surface area contributed by atoms with Crippen LogP contribution in [0.5, 0.6) is 0 Å². The molecule has 1 aliphatic rings. The Kier molecular flexibility index (Phi) is 9.81. The van der Waals surface area contributed by atoms with Gasteiger partial charge in [-0.25, -0.2) is 0 Å². The van der Waals surface area contributed by atoms with Crippen molar-refractivity contribution < 1.29 is 29.7 Å². The summed E-state index contributed by atoms with van der Waals surface area (Å²) in [7, 11) is 0. The molecule has 35 heavy (non-hydrogen) atoms. The topological polar surface area (TPSA) is 127 Å². The number of carbonyl (C=O) groups excluding carboxylic acids is 1. The fourth-order valence-corrected chi connectivity index (χ4v) is 4.56. The average molecular weight is 483 g/mol. The Morgan fingerprint density at radius 3 is 2.29 bits per heavy atom. The molecule has 4 N–H and O–H groups in total. The summed E-state index contributed by atoms with van der Waals surface area (Å²) in [4.78, 5) is 36.9. The van der Waals surface area contributed by atoms with E-state index in [0.717, 1.165) is 23.1 Å². The molecule has 8 heteroatoms. The molecule has 0 saturated carbocycles. The minimum absolute atomic E-state index is 0.00267. The lowest BCUT2D eigenvalue weighted by Gasteiger charge is -2.35. The highest BCUT2D eigenvalue weighted by Gasteiger charge is 2.31. The summed E-state index contributed by atoms with van der Waals surface area (Å²) >= 11 is 0. The number of aliphatic carboxylic acids is 2. The summed E-state index contributed by atoms with van der Waals surface area (Å²) in [5, 5.41) is 31.7. The van der Waals surface area contributed by atoms with Gasteiger partial charge in [-0.2, -0.15) is 0 Å². The number of hydrogen-bond acceptors (Lipinski definition) is 5. The van der Waals surface area contributed by atoms with Gasteiger partial charge in [0.15, 0.2) is 0 Å². The van der Waals surface area contributed by atoms with E-state index >= 15 is 0 Å². The lowest BCUT2D eigenvalue weighted by molar-refractivity contribution is -0.142. The highest BCUT2D eigenvalue weighted by molar-refractivity contribution is 5.82. The van der Waals surface area contributed by atoms with Gasteiger partial charge in [0.05, 0.1) is 6.04 Å². The third-order valence-electron chi connectivity index (χ3n) is 6.40. The first-order valence-corrected chi connectivity index (χ1v) is 12.1. The van der Waals surface area contributed by atoms with Crippen LogP contribution >= 0.6 is 0 Å². The number of hydrogen-bond donors (Lipinski definition) is 4. The maximum Gasteiger partial charge on any atom is 0.303 e. The average Bonchev–Trinajstić information content (AvgIpc) is 2.85. The van der Waals surface area contributed by atoms with E-state index in [2.05, 4.69) is 5.32 Å². The molecule has 1 heterocycles. The zero-order valence-corrected chi connectivity index (χ0v) is 19.8. The Labute approximate surface area is 205 Å². The standard InChI is InChI=1S/C27H34N2O6/c30-24(14-10-19-8-11-22(12-9-19)21-6-2-1-3-7-21)28-23(13-15-25(31)32)27(35)29-16-4-5-20(18-29)17-26(33)34/h1-3,6-9,11-12,20,23-24,28,30H,4-5,10,13-18H2,(H,31,32)(H,33,34). The molecular weight excluding hydrogens is 448 g/mol. The Morgan fingerprint density at radius 2 is 1.63 bits per heavy atom. The number of carbonyl (C=O) groups is 3. The van der Waals surface area contributed by atoms with Crippen molar-refractivity contribution in [3.8, 4) is 11.1 Å². The zero-order chi connectivity index (χ0) is 25.2. The number of rotatable bonds is 12. The summed E-state index contributed by atoms with van der Waals surface area (Å²) in [5.41, 5.74) is 3.28. The number of carboxylic acids is 2. The second kappa shape index (κ2) is 13.0. The Hall–Kier alpha value is -3.23. The molecule has 1 amide bonds. The number of nitrogens with zero attached hydrogens (tertiary/aromatic N) is 1. The maximum absolute atomic E-state index is 13.1. The van der Waals surface area contributed by atoms with E-state index in [4.69, 9.17) is 10.2 Å². The molecule has 0 aromatic heterocycles. The van der Waals surface area contributed by atoms with Crippen LogP contribution in [-0.4, -0.2) is 63.4 Å². The smallest absolute Gasteiger partial charge is 0.303 e. The minimum Gasteiger partial charge on any atom is -0.481 e. The van der Waals surface area contributed by atoms with Crippen LogP contribution in [0.2, 0.25) is 0 Å². The van der Waals surface area contributed by atoms with Gasteiger partial charge in [-0.15, -0.1) is 0 Å². The van der Waals surface area contributed by atoms with Gasteiger partial charge in [-0.1, -0.05) is 54.6 Å². The zero-order valence-electron chi connectivity index (χ0n) is 19.8. The first-order chi connectivity index (χ1) is 16.8. The van der Waals surface area contributed by atoms with Crippen molar-refractivity contribution in [2.24, 2.45) is 5.92 Å². The first kappa shape index (κ1) is 26.4. The second-order valence-corrected chi connectivity index (χ2v) is 9.16. The van der Waals surface area contributed by atoms with Crippen LogP contribution in [-0.2, 0) is 20.8 Å². The van der Waals surface area contributed by atoms with Crippen molar-refractivity contribution in [1.29, 1.82) is 0 Å². The van der Waals surface area contributed by atoms with Crippen LogP contribution in [0.3, 0.4) is 0 Å². The Balaban J connectivity index is 1.56. The molecule has 3 atom stereocenters. The van der Waals surface area contributed by atoms with E-state index in [0.29, 0.717) is 32.4 Å². The highest BCUT2D eigenvalue weighted by atomic mass is 16.4. The Morgan fingerprint density at radius 1 is 0.943 bits per heavy atom. The molecule has 3 unspecified atom stereocenters. The van der Waals surface area contributed by atoms with Gasteiger partial charge in [-0.3, -0.25) is 19.7 Å². The van der Waals surface area contributed by atoms with Crippen molar-refractivity contribution in [2.45, 2.75) is 57.2 Å². The molecule has 2 aromatic carbocycles. The third-order valence-corrected chi connectivity index (χ3v) is 6.40. The lowest BCUT2D eigenvalue weighted by atomic mass is 9.94. The van der Waals surface area contributed by atoms with Crippen molar-refractivity contribution in [1.82, 2.24) is 10.2 Å². The number of benzene rings is 2. The van der Waals surface area contributed by atoms with Crippen LogP contribution in [0.1, 0.15) is 44.1 Å².